The van der Waals surface area contributed by atoms with Crippen molar-refractivity contribution in [3.05, 3.63) is 33.8 Å². The summed E-state index contributed by atoms with van der Waals surface area (Å²) >= 11 is 3.24. The molecule has 1 unspecified atom stereocenters. The summed E-state index contributed by atoms with van der Waals surface area (Å²) in [5.41, 5.74) is 0.674. The van der Waals surface area contributed by atoms with Crippen molar-refractivity contribution < 1.29 is 21.2 Å². The van der Waals surface area contributed by atoms with E-state index in [9.17, 15) is 14.4 Å². The van der Waals surface area contributed by atoms with Crippen molar-refractivity contribution in [2.45, 2.75) is 25.3 Å². The number of amides is 3. The van der Waals surface area contributed by atoms with Gasteiger partial charge in [0.2, 0.25) is 11.8 Å². The zero-order valence-corrected chi connectivity index (χ0v) is 11.1. The highest BCUT2D eigenvalue weighted by molar-refractivity contribution is 9.10. The van der Waals surface area contributed by atoms with Crippen molar-refractivity contribution in [2.75, 3.05) is 0 Å². The Bertz CT molecular complexity index is 800. The van der Waals surface area contributed by atoms with Gasteiger partial charge in [-0.2, -0.15) is 0 Å². The molecule has 2 aliphatic rings. The van der Waals surface area contributed by atoms with E-state index in [4.69, 9.17) is 6.85 Å². The summed E-state index contributed by atoms with van der Waals surface area (Å²) in [7, 11) is 0. The fourth-order valence-corrected chi connectivity index (χ4v) is 2.43. The van der Waals surface area contributed by atoms with Crippen LogP contribution in [0.1, 0.15) is 35.5 Å². The van der Waals surface area contributed by atoms with Gasteiger partial charge in [-0.15, -0.1) is 0 Å². The minimum Gasteiger partial charge on any atom is -0.322 e. The Morgan fingerprint density at radius 2 is 2.21 bits per heavy atom. The standard InChI is InChI=1S/C13H11BrN2O3/c14-8-1-2-9-7(5-8)6-16(13(9)19)10-3-4-11(17)15-12(10)18/h1-2,5,10H,3-4,6H2,(H,15,17,18)/i3D2,4D2,10D. The first-order valence-corrected chi connectivity index (χ1v) is 6.20. The van der Waals surface area contributed by atoms with Gasteiger partial charge in [0, 0.05) is 28.4 Å². The van der Waals surface area contributed by atoms with E-state index in [1.165, 1.54) is 6.07 Å². The smallest absolute Gasteiger partial charge is 0.255 e. The molecule has 1 saturated heterocycles. The van der Waals surface area contributed by atoms with Gasteiger partial charge in [0.15, 0.2) is 0 Å². The summed E-state index contributed by atoms with van der Waals surface area (Å²) < 4.78 is 40.3. The van der Waals surface area contributed by atoms with Gasteiger partial charge in [-0.25, -0.2) is 0 Å². The van der Waals surface area contributed by atoms with Crippen LogP contribution in [-0.2, 0) is 16.1 Å². The zero-order valence-electron chi connectivity index (χ0n) is 14.5. The molecule has 0 aliphatic carbocycles. The molecule has 1 N–H and O–H groups in total. The van der Waals surface area contributed by atoms with Gasteiger partial charge in [0.05, 0.1) is 1.37 Å². The number of rotatable bonds is 1. The number of halogens is 1. The molecular weight excluding hydrogens is 312 g/mol. The van der Waals surface area contributed by atoms with Crippen molar-refractivity contribution in [2.24, 2.45) is 0 Å². The van der Waals surface area contributed by atoms with Crippen LogP contribution in [-0.4, -0.2) is 28.6 Å². The van der Waals surface area contributed by atoms with Crippen LogP contribution < -0.4 is 5.32 Å². The molecule has 5 nitrogen and oxygen atoms in total. The summed E-state index contributed by atoms with van der Waals surface area (Å²) in [4.78, 5) is 37.1. The van der Waals surface area contributed by atoms with Crippen molar-refractivity contribution in [3.63, 3.8) is 0 Å². The van der Waals surface area contributed by atoms with Crippen molar-refractivity contribution in [1.82, 2.24) is 10.2 Å². The molecule has 3 rings (SSSR count). The van der Waals surface area contributed by atoms with E-state index < -0.39 is 36.5 Å². The Morgan fingerprint density at radius 1 is 1.42 bits per heavy atom. The van der Waals surface area contributed by atoms with Crippen molar-refractivity contribution in [3.8, 4) is 0 Å². The van der Waals surface area contributed by atoms with E-state index in [0.717, 1.165) is 0 Å². The predicted octanol–water partition coefficient (Wildman–Crippen LogP) is 1.21. The molecule has 0 bridgehead atoms. The summed E-state index contributed by atoms with van der Waals surface area (Å²) in [5, 5.41) is 1.67. The number of imide groups is 1. The van der Waals surface area contributed by atoms with Crippen LogP contribution in [0.15, 0.2) is 22.7 Å². The second kappa shape index (κ2) is 4.45. The molecule has 3 amide bonds. The van der Waals surface area contributed by atoms with Gasteiger partial charge in [-0.1, -0.05) is 15.9 Å². The third kappa shape index (κ3) is 2.06. The Labute approximate surface area is 125 Å². The van der Waals surface area contributed by atoms with Crippen LogP contribution >= 0.6 is 15.9 Å². The second-order valence-corrected chi connectivity index (χ2v) is 4.99. The van der Waals surface area contributed by atoms with E-state index in [1.807, 2.05) is 0 Å². The number of carbonyl (C=O) groups excluding carboxylic acids is 3. The molecule has 2 heterocycles. The fourth-order valence-electron chi connectivity index (χ4n) is 2.03. The van der Waals surface area contributed by atoms with E-state index in [2.05, 4.69) is 15.9 Å². The lowest BCUT2D eigenvalue weighted by molar-refractivity contribution is -0.136. The molecule has 0 saturated carbocycles. The van der Waals surface area contributed by atoms with Crippen LogP contribution in [0.5, 0.6) is 0 Å². The molecule has 98 valence electrons. The third-order valence-corrected chi connectivity index (χ3v) is 3.37. The van der Waals surface area contributed by atoms with E-state index >= 15 is 0 Å². The maximum Gasteiger partial charge on any atom is 0.255 e. The molecule has 1 aromatic carbocycles. The highest BCUT2D eigenvalue weighted by atomic mass is 79.9. The molecule has 0 radical (unpaired) electrons. The average molecular weight is 328 g/mol. The molecule has 1 atom stereocenters. The molecule has 19 heavy (non-hydrogen) atoms. The first kappa shape index (κ1) is 7.79. The first-order valence-electron chi connectivity index (χ1n) is 7.91. The fraction of sp³-hybridized carbons (Fsp3) is 0.308. The van der Waals surface area contributed by atoms with Crippen LogP contribution in [0, 0.1) is 0 Å². The lowest BCUT2D eigenvalue weighted by atomic mass is 10.0. The number of fused-ring (bicyclic) bond motifs is 1. The topological polar surface area (TPSA) is 66.5 Å². The number of piperidine rings is 1. The quantitative estimate of drug-likeness (QED) is 0.788. The Hall–Kier alpha value is -1.69. The summed E-state index contributed by atoms with van der Waals surface area (Å²) in [6.07, 6.45) is -6.40. The van der Waals surface area contributed by atoms with Crippen molar-refractivity contribution in [1.29, 1.82) is 0 Å². The molecular formula is C13H11BrN2O3. The van der Waals surface area contributed by atoms with Crippen molar-refractivity contribution >= 4 is 33.7 Å². The molecule has 1 fully saturated rings. The van der Waals surface area contributed by atoms with E-state index in [1.54, 1.807) is 17.4 Å². The Morgan fingerprint density at radius 3 is 3.00 bits per heavy atom. The van der Waals surface area contributed by atoms with Gasteiger partial charge in [0.1, 0.15) is 6.02 Å². The second-order valence-electron chi connectivity index (χ2n) is 4.07. The van der Waals surface area contributed by atoms with Gasteiger partial charge < -0.3 is 4.90 Å². The van der Waals surface area contributed by atoms with Crippen LogP contribution in [0.2, 0.25) is 0 Å². The monoisotopic (exact) mass is 327 g/mol. The number of nitrogens with zero attached hydrogens (tertiary/aromatic N) is 1. The molecule has 2 aliphatic heterocycles. The number of hydrogen-bond acceptors (Lipinski definition) is 3. The lowest BCUT2D eigenvalue weighted by Crippen LogP contribution is -2.52. The number of carbonyl (C=O) groups is 3. The van der Waals surface area contributed by atoms with E-state index in [-0.39, 0.29) is 12.1 Å². The van der Waals surface area contributed by atoms with E-state index in [0.29, 0.717) is 14.9 Å². The van der Waals surface area contributed by atoms with Crippen LogP contribution in [0.3, 0.4) is 0 Å². The maximum atomic E-state index is 12.6. The van der Waals surface area contributed by atoms with Crippen LogP contribution in [0.4, 0.5) is 0 Å². The predicted molar refractivity (Wildman–Crippen MR) is 70.2 cm³/mol. The largest absolute Gasteiger partial charge is 0.322 e. The Balaban J connectivity index is 2.13. The molecule has 1 aromatic rings. The maximum absolute atomic E-state index is 12.6. The SMILES string of the molecule is [2H]C1([2H])C(=O)NC(=O)C([2H])(N2Cc3cc(Br)ccc3C2=O)C1([2H])[2H]. The van der Waals surface area contributed by atoms with Gasteiger partial charge in [-0.3, -0.25) is 19.7 Å². The number of nitrogens with one attached hydrogen (secondary N) is 1. The van der Waals surface area contributed by atoms with Crippen LogP contribution in [0.25, 0.3) is 0 Å². The van der Waals surface area contributed by atoms with Gasteiger partial charge in [-0.05, 0) is 30.1 Å². The number of benzene rings is 1. The Kier molecular flexibility index (Phi) is 1.82. The highest BCUT2D eigenvalue weighted by Gasteiger charge is 2.38. The molecule has 6 heteroatoms. The van der Waals surface area contributed by atoms with Gasteiger partial charge in [0.25, 0.3) is 5.91 Å². The molecule has 0 aromatic heterocycles. The minimum atomic E-state index is -3.24. The summed E-state index contributed by atoms with van der Waals surface area (Å²) in [5.74, 6) is -3.60. The third-order valence-electron chi connectivity index (χ3n) is 2.88. The average Bonchev–Trinajstić information content (AvgIpc) is 2.81. The normalized spacial score (nSPS) is 35.5. The zero-order chi connectivity index (χ0) is 18.1. The summed E-state index contributed by atoms with van der Waals surface area (Å²) in [6.45, 7) is -0.242. The minimum absolute atomic E-state index is 0.200. The first-order chi connectivity index (χ1) is 10.9. The number of hydrogen-bond donors (Lipinski definition) is 1. The lowest BCUT2D eigenvalue weighted by Gasteiger charge is -2.29. The highest BCUT2D eigenvalue weighted by Crippen LogP contribution is 2.29. The van der Waals surface area contributed by atoms with Gasteiger partial charge >= 0.3 is 0 Å². The molecule has 0 spiro atoms. The summed E-state index contributed by atoms with van der Waals surface area (Å²) in [6, 6.07) is 1.75.